The first kappa shape index (κ1) is 18.2. The van der Waals surface area contributed by atoms with Gasteiger partial charge in [-0.05, 0) is 44.2 Å². The number of hydrogen-bond acceptors (Lipinski definition) is 5. The quantitative estimate of drug-likeness (QED) is 0.894. The Labute approximate surface area is 154 Å². The zero-order valence-corrected chi connectivity index (χ0v) is 15.7. The second kappa shape index (κ2) is 8.19. The molecule has 1 aliphatic rings. The van der Waals surface area contributed by atoms with E-state index in [1.807, 2.05) is 44.2 Å². The minimum Gasteiger partial charge on any atom is -0.483 e. The molecule has 6 nitrogen and oxygen atoms in total. The number of likely N-dealkylation sites (N-methyl/N-ethyl adjacent to an activating group) is 1. The lowest BCUT2D eigenvalue weighted by molar-refractivity contribution is -0.118. The van der Waals surface area contributed by atoms with Gasteiger partial charge in [-0.3, -0.25) is 4.79 Å². The Balaban J connectivity index is 1.53. The number of carbonyl (C=O) groups excluding carboxylic acids is 1. The second-order valence-electron chi connectivity index (χ2n) is 6.75. The van der Waals surface area contributed by atoms with Crippen LogP contribution >= 0.6 is 0 Å². The molecule has 0 unspecified atom stereocenters. The number of piperazine rings is 1. The monoisotopic (exact) mass is 354 g/mol. The highest BCUT2D eigenvalue weighted by molar-refractivity contribution is 5.91. The molecule has 1 amide bonds. The number of para-hydroxylation sites is 1. The average Bonchev–Trinajstić information content (AvgIpc) is 2.63. The molecular formula is C20H26N4O2. The Morgan fingerprint density at radius 2 is 1.81 bits per heavy atom. The van der Waals surface area contributed by atoms with Crippen molar-refractivity contribution < 1.29 is 9.53 Å². The largest absolute Gasteiger partial charge is 0.483 e. The number of pyridine rings is 1. The van der Waals surface area contributed by atoms with Gasteiger partial charge in [0.15, 0.2) is 6.61 Å². The van der Waals surface area contributed by atoms with Crippen LogP contribution in [0.1, 0.15) is 11.1 Å². The van der Waals surface area contributed by atoms with Gasteiger partial charge in [0, 0.05) is 26.2 Å². The van der Waals surface area contributed by atoms with Gasteiger partial charge < -0.3 is 19.9 Å². The number of rotatable bonds is 5. The van der Waals surface area contributed by atoms with Gasteiger partial charge in [0.2, 0.25) is 0 Å². The van der Waals surface area contributed by atoms with E-state index in [9.17, 15) is 4.79 Å². The number of nitrogens with zero attached hydrogens (tertiary/aromatic N) is 3. The summed E-state index contributed by atoms with van der Waals surface area (Å²) in [4.78, 5) is 21.2. The number of ether oxygens (including phenoxy) is 1. The molecule has 1 N–H and O–H groups in total. The Morgan fingerprint density at radius 3 is 2.42 bits per heavy atom. The summed E-state index contributed by atoms with van der Waals surface area (Å²) in [7, 11) is 2.13. The number of carbonyl (C=O) groups is 1. The van der Waals surface area contributed by atoms with Crippen molar-refractivity contribution in [2.75, 3.05) is 50.1 Å². The Bertz CT molecular complexity index is 733. The molecule has 0 spiro atoms. The summed E-state index contributed by atoms with van der Waals surface area (Å²) in [6.45, 7) is 7.94. The summed E-state index contributed by atoms with van der Waals surface area (Å²) < 4.78 is 5.69. The van der Waals surface area contributed by atoms with Gasteiger partial charge in [-0.1, -0.05) is 18.2 Å². The second-order valence-corrected chi connectivity index (χ2v) is 6.75. The highest BCUT2D eigenvalue weighted by Crippen LogP contribution is 2.22. The molecular weight excluding hydrogens is 328 g/mol. The van der Waals surface area contributed by atoms with E-state index in [0.29, 0.717) is 5.69 Å². The first-order valence-corrected chi connectivity index (χ1v) is 8.91. The van der Waals surface area contributed by atoms with Crippen LogP contribution in [0.15, 0.2) is 36.5 Å². The standard InChI is InChI=1S/C20H26N4O2/c1-15-5-4-6-16(2)20(15)26-14-19(25)22-17-7-8-18(21-13-17)24-11-9-23(3)10-12-24/h4-8,13H,9-12,14H2,1-3H3,(H,22,25). The van der Waals surface area contributed by atoms with Crippen LogP contribution in [0.4, 0.5) is 11.5 Å². The van der Waals surface area contributed by atoms with Crippen LogP contribution in [-0.4, -0.2) is 55.6 Å². The van der Waals surface area contributed by atoms with Crippen molar-refractivity contribution in [3.05, 3.63) is 47.7 Å². The molecule has 1 aromatic carbocycles. The zero-order valence-electron chi connectivity index (χ0n) is 15.7. The number of benzene rings is 1. The lowest BCUT2D eigenvalue weighted by Crippen LogP contribution is -2.44. The van der Waals surface area contributed by atoms with E-state index in [4.69, 9.17) is 4.74 Å². The van der Waals surface area contributed by atoms with Crippen LogP contribution in [0, 0.1) is 13.8 Å². The van der Waals surface area contributed by atoms with E-state index in [0.717, 1.165) is 48.9 Å². The predicted molar refractivity (Wildman–Crippen MR) is 104 cm³/mol. The topological polar surface area (TPSA) is 57.7 Å². The third kappa shape index (κ3) is 4.52. The molecule has 1 aliphatic heterocycles. The van der Waals surface area contributed by atoms with Gasteiger partial charge in [-0.15, -0.1) is 0 Å². The molecule has 1 saturated heterocycles. The van der Waals surface area contributed by atoms with Crippen LogP contribution in [-0.2, 0) is 4.79 Å². The van der Waals surface area contributed by atoms with Gasteiger partial charge in [-0.25, -0.2) is 4.98 Å². The van der Waals surface area contributed by atoms with E-state index in [-0.39, 0.29) is 12.5 Å². The summed E-state index contributed by atoms with van der Waals surface area (Å²) in [5, 5.41) is 2.84. The molecule has 3 rings (SSSR count). The van der Waals surface area contributed by atoms with Gasteiger partial charge in [-0.2, -0.15) is 0 Å². The van der Waals surface area contributed by atoms with Crippen molar-refractivity contribution in [2.24, 2.45) is 0 Å². The van der Waals surface area contributed by atoms with Crippen molar-refractivity contribution in [3.63, 3.8) is 0 Å². The van der Waals surface area contributed by atoms with E-state index in [2.05, 4.69) is 27.1 Å². The zero-order chi connectivity index (χ0) is 18.5. The SMILES string of the molecule is Cc1cccc(C)c1OCC(=O)Nc1ccc(N2CCN(C)CC2)nc1. The van der Waals surface area contributed by atoms with Gasteiger partial charge >= 0.3 is 0 Å². The van der Waals surface area contributed by atoms with Crippen molar-refractivity contribution in [1.29, 1.82) is 0 Å². The molecule has 1 aromatic heterocycles. The van der Waals surface area contributed by atoms with Crippen LogP contribution in [0.3, 0.4) is 0 Å². The predicted octanol–water partition coefficient (Wildman–Crippen LogP) is 2.47. The molecule has 2 aromatic rings. The van der Waals surface area contributed by atoms with Gasteiger partial charge in [0.25, 0.3) is 5.91 Å². The first-order valence-electron chi connectivity index (χ1n) is 8.91. The number of hydrogen-bond donors (Lipinski definition) is 1. The summed E-state index contributed by atoms with van der Waals surface area (Å²) in [6, 6.07) is 9.76. The van der Waals surface area contributed by atoms with Gasteiger partial charge in [0.1, 0.15) is 11.6 Å². The van der Waals surface area contributed by atoms with E-state index in [1.165, 1.54) is 0 Å². The number of aromatic nitrogens is 1. The summed E-state index contributed by atoms with van der Waals surface area (Å²) in [5.41, 5.74) is 2.73. The lowest BCUT2D eigenvalue weighted by atomic mass is 10.1. The van der Waals surface area contributed by atoms with Crippen LogP contribution < -0.4 is 15.0 Å². The number of nitrogens with one attached hydrogen (secondary N) is 1. The fourth-order valence-electron chi connectivity index (χ4n) is 3.04. The van der Waals surface area contributed by atoms with Crippen LogP contribution in [0.5, 0.6) is 5.75 Å². The molecule has 0 atom stereocenters. The van der Waals surface area contributed by atoms with Crippen LogP contribution in [0.2, 0.25) is 0 Å². The smallest absolute Gasteiger partial charge is 0.262 e. The van der Waals surface area contributed by atoms with Crippen molar-refractivity contribution >= 4 is 17.4 Å². The maximum atomic E-state index is 12.2. The molecule has 138 valence electrons. The highest BCUT2D eigenvalue weighted by Gasteiger charge is 2.15. The lowest BCUT2D eigenvalue weighted by Gasteiger charge is -2.33. The van der Waals surface area contributed by atoms with Crippen molar-refractivity contribution in [2.45, 2.75) is 13.8 Å². The number of aryl methyl sites for hydroxylation is 2. The molecule has 2 heterocycles. The Hall–Kier alpha value is -2.60. The minimum atomic E-state index is -0.193. The summed E-state index contributed by atoms with van der Waals surface area (Å²) >= 11 is 0. The maximum absolute atomic E-state index is 12.2. The summed E-state index contributed by atoms with van der Waals surface area (Å²) in [6.07, 6.45) is 1.70. The fourth-order valence-corrected chi connectivity index (χ4v) is 3.04. The minimum absolute atomic E-state index is 0.0219. The van der Waals surface area contributed by atoms with E-state index in [1.54, 1.807) is 6.20 Å². The van der Waals surface area contributed by atoms with E-state index >= 15 is 0 Å². The first-order chi connectivity index (χ1) is 12.5. The third-order valence-corrected chi connectivity index (χ3v) is 4.62. The average molecular weight is 354 g/mol. The Morgan fingerprint density at radius 1 is 1.12 bits per heavy atom. The van der Waals surface area contributed by atoms with Crippen molar-refractivity contribution in [1.82, 2.24) is 9.88 Å². The third-order valence-electron chi connectivity index (χ3n) is 4.62. The van der Waals surface area contributed by atoms with E-state index < -0.39 is 0 Å². The molecule has 0 saturated carbocycles. The highest BCUT2D eigenvalue weighted by atomic mass is 16.5. The molecule has 0 aliphatic carbocycles. The molecule has 0 radical (unpaired) electrons. The summed E-state index contributed by atoms with van der Waals surface area (Å²) in [5.74, 6) is 1.52. The normalized spacial score (nSPS) is 15.0. The molecule has 1 fully saturated rings. The van der Waals surface area contributed by atoms with Gasteiger partial charge in [0.05, 0.1) is 11.9 Å². The van der Waals surface area contributed by atoms with Crippen LogP contribution in [0.25, 0.3) is 0 Å². The number of anilines is 2. The molecule has 26 heavy (non-hydrogen) atoms. The fraction of sp³-hybridized carbons (Fsp3) is 0.400. The number of amides is 1. The Kier molecular flexibility index (Phi) is 5.73. The van der Waals surface area contributed by atoms with Crippen molar-refractivity contribution in [3.8, 4) is 5.75 Å². The maximum Gasteiger partial charge on any atom is 0.262 e. The molecule has 0 bridgehead atoms. The molecule has 6 heteroatoms.